The van der Waals surface area contributed by atoms with Crippen molar-refractivity contribution in [2.75, 3.05) is 10.8 Å². The summed E-state index contributed by atoms with van der Waals surface area (Å²) in [5.41, 5.74) is 2.63. The highest BCUT2D eigenvalue weighted by atomic mass is 32.2. The van der Waals surface area contributed by atoms with Gasteiger partial charge in [0.25, 0.3) is 10.0 Å². The fourth-order valence-corrected chi connectivity index (χ4v) is 4.26. The van der Waals surface area contributed by atoms with E-state index >= 15 is 0 Å². The molecule has 1 aliphatic heterocycles. The lowest BCUT2D eigenvalue weighted by Gasteiger charge is -2.30. The Bertz CT molecular complexity index is 834. The molecule has 3 rings (SSSR count). The summed E-state index contributed by atoms with van der Waals surface area (Å²) in [6.45, 7) is 2.28. The van der Waals surface area contributed by atoms with E-state index in [1.165, 1.54) is 4.31 Å². The molecule has 0 N–H and O–H groups in total. The number of fused-ring (bicyclic) bond motifs is 1. The van der Waals surface area contributed by atoms with Crippen LogP contribution < -0.4 is 4.31 Å². The lowest BCUT2D eigenvalue weighted by molar-refractivity contribution is 0.504. The minimum Gasteiger partial charge on any atom is -0.266 e. The van der Waals surface area contributed by atoms with Gasteiger partial charge in [-0.05, 0) is 49.6 Å². The van der Waals surface area contributed by atoms with Crippen molar-refractivity contribution in [2.45, 2.75) is 24.7 Å². The van der Waals surface area contributed by atoms with E-state index in [1.807, 2.05) is 19.1 Å². The molecule has 0 spiro atoms. The number of hydrogen-bond donors (Lipinski definition) is 0. The number of rotatable bonds is 2. The zero-order valence-electron chi connectivity index (χ0n) is 12.0. The zero-order chi connectivity index (χ0) is 15.9. The van der Waals surface area contributed by atoms with Gasteiger partial charge >= 0.3 is 0 Å². The van der Waals surface area contributed by atoms with Crippen molar-refractivity contribution < 1.29 is 17.2 Å². The average Bonchev–Trinajstić information content (AvgIpc) is 2.49. The minimum absolute atomic E-state index is 0.236. The van der Waals surface area contributed by atoms with E-state index in [-0.39, 0.29) is 4.90 Å². The molecule has 0 saturated carbocycles. The van der Waals surface area contributed by atoms with Gasteiger partial charge in [0.1, 0.15) is 0 Å². The van der Waals surface area contributed by atoms with E-state index < -0.39 is 21.7 Å². The summed E-state index contributed by atoms with van der Waals surface area (Å²) in [6, 6.07) is 8.23. The Kier molecular flexibility index (Phi) is 3.64. The number of aryl methyl sites for hydroxylation is 2. The fraction of sp³-hybridized carbons (Fsp3) is 0.250. The Balaban J connectivity index is 2.09. The lowest BCUT2D eigenvalue weighted by atomic mass is 10.0. The first-order valence-electron chi connectivity index (χ1n) is 6.97. The monoisotopic (exact) mass is 323 g/mol. The molecule has 0 unspecified atom stereocenters. The molecule has 0 aliphatic carbocycles. The molecule has 2 aromatic carbocycles. The van der Waals surface area contributed by atoms with Gasteiger partial charge in [-0.1, -0.05) is 17.7 Å². The van der Waals surface area contributed by atoms with Crippen molar-refractivity contribution >= 4 is 15.7 Å². The van der Waals surface area contributed by atoms with Gasteiger partial charge in [-0.2, -0.15) is 0 Å². The molecule has 0 aromatic heterocycles. The molecule has 0 saturated heterocycles. The molecule has 0 fully saturated rings. The van der Waals surface area contributed by atoms with Gasteiger partial charge in [0.15, 0.2) is 11.6 Å². The van der Waals surface area contributed by atoms with Gasteiger partial charge in [0.05, 0.1) is 10.6 Å². The van der Waals surface area contributed by atoms with Crippen LogP contribution in [0.5, 0.6) is 0 Å². The normalized spacial score (nSPS) is 14.8. The van der Waals surface area contributed by atoms with Crippen LogP contribution in [0, 0.1) is 18.6 Å². The lowest BCUT2D eigenvalue weighted by Crippen LogP contribution is -2.35. The number of hydrogen-bond acceptors (Lipinski definition) is 2. The molecule has 22 heavy (non-hydrogen) atoms. The van der Waals surface area contributed by atoms with Crippen LogP contribution in [-0.4, -0.2) is 15.0 Å². The first kappa shape index (κ1) is 15.0. The second-order valence-corrected chi connectivity index (χ2v) is 7.25. The predicted octanol–water partition coefficient (Wildman–Crippen LogP) is 3.41. The van der Waals surface area contributed by atoms with Gasteiger partial charge in [-0.15, -0.1) is 0 Å². The van der Waals surface area contributed by atoms with E-state index in [4.69, 9.17) is 0 Å². The molecular weight excluding hydrogens is 308 g/mol. The zero-order valence-corrected chi connectivity index (χ0v) is 12.8. The van der Waals surface area contributed by atoms with Gasteiger partial charge in [-0.3, -0.25) is 4.31 Å². The molecule has 1 aliphatic rings. The predicted molar refractivity (Wildman–Crippen MR) is 80.4 cm³/mol. The first-order valence-corrected chi connectivity index (χ1v) is 8.41. The molecule has 2 aromatic rings. The largest absolute Gasteiger partial charge is 0.266 e. The molecule has 116 valence electrons. The molecule has 0 atom stereocenters. The molecule has 6 heteroatoms. The van der Waals surface area contributed by atoms with Crippen molar-refractivity contribution in [3.05, 3.63) is 59.2 Å². The maximum Gasteiger partial charge on any atom is 0.264 e. The van der Waals surface area contributed by atoms with Crippen molar-refractivity contribution in [3.8, 4) is 0 Å². The molecule has 0 radical (unpaired) electrons. The fourth-order valence-electron chi connectivity index (χ4n) is 2.71. The quantitative estimate of drug-likeness (QED) is 0.849. The van der Waals surface area contributed by atoms with Crippen LogP contribution in [0.1, 0.15) is 17.5 Å². The van der Waals surface area contributed by atoms with E-state index in [0.717, 1.165) is 35.7 Å². The maximum atomic E-state index is 13.4. The highest BCUT2D eigenvalue weighted by Crippen LogP contribution is 2.32. The van der Waals surface area contributed by atoms with Crippen molar-refractivity contribution in [2.24, 2.45) is 0 Å². The Hall–Kier alpha value is -1.95. The summed E-state index contributed by atoms with van der Waals surface area (Å²) in [5, 5.41) is 0. The number of anilines is 1. The third-order valence-electron chi connectivity index (χ3n) is 3.79. The van der Waals surface area contributed by atoms with E-state index in [2.05, 4.69) is 0 Å². The molecule has 1 heterocycles. The van der Waals surface area contributed by atoms with Gasteiger partial charge < -0.3 is 0 Å². The molecule has 0 bridgehead atoms. The SMILES string of the molecule is Cc1ccc2c(c1)CCCN2S(=O)(=O)c1ccc(F)c(F)c1. The van der Waals surface area contributed by atoms with Crippen molar-refractivity contribution in [1.29, 1.82) is 0 Å². The standard InChI is InChI=1S/C16H15F2NO2S/c1-11-4-7-16-12(9-11)3-2-8-19(16)22(20,21)13-5-6-14(17)15(18)10-13/h4-7,9-10H,2-3,8H2,1H3. The van der Waals surface area contributed by atoms with Crippen LogP contribution in [0.15, 0.2) is 41.3 Å². The van der Waals surface area contributed by atoms with Crippen LogP contribution in [-0.2, 0) is 16.4 Å². The van der Waals surface area contributed by atoms with Gasteiger partial charge in [-0.25, -0.2) is 17.2 Å². The highest BCUT2D eigenvalue weighted by molar-refractivity contribution is 7.92. The Morgan fingerprint density at radius 1 is 1.05 bits per heavy atom. The van der Waals surface area contributed by atoms with Gasteiger partial charge in [0, 0.05) is 6.54 Å². The maximum absolute atomic E-state index is 13.4. The smallest absolute Gasteiger partial charge is 0.264 e. The van der Waals surface area contributed by atoms with E-state index in [0.29, 0.717) is 18.7 Å². The minimum atomic E-state index is -3.90. The van der Waals surface area contributed by atoms with Crippen molar-refractivity contribution in [3.63, 3.8) is 0 Å². The second-order valence-electron chi connectivity index (χ2n) is 5.39. The van der Waals surface area contributed by atoms with Crippen LogP contribution in [0.3, 0.4) is 0 Å². The molecular formula is C16H15F2NO2S. The summed E-state index contributed by atoms with van der Waals surface area (Å²) in [4.78, 5) is -0.236. The summed E-state index contributed by atoms with van der Waals surface area (Å²) < 4.78 is 53.1. The van der Waals surface area contributed by atoms with Crippen LogP contribution >= 0.6 is 0 Å². The number of benzene rings is 2. The van der Waals surface area contributed by atoms with Crippen LogP contribution in [0.2, 0.25) is 0 Å². The summed E-state index contributed by atoms with van der Waals surface area (Å²) >= 11 is 0. The topological polar surface area (TPSA) is 37.4 Å². The van der Waals surface area contributed by atoms with Crippen molar-refractivity contribution in [1.82, 2.24) is 0 Å². The number of nitrogens with zero attached hydrogens (tertiary/aromatic N) is 1. The average molecular weight is 323 g/mol. The summed E-state index contributed by atoms with van der Waals surface area (Å²) in [5.74, 6) is -2.23. The van der Waals surface area contributed by atoms with Gasteiger partial charge in [0.2, 0.25) is 0 Å². The summed E-state index contributed by atoms with van der Waals surface area (Å²) in [6.07, 6.45) is 1.50. The first-order chi connectivity index (χ1) is 10.4. The van der Waals surface area contributed by atoms with E-state index in [9.17, 15) is 17.2 Å². The van der Waals surface area contributed by atoms with Crippen LogP contribution in [0.4, 0.5) is 14.5 Å². The third kappa shape index (κ3) is 2.47. The Labute approximate surface area is 128 Å². The number of sulfonamides is 1. The second kappa shape index (κ2) is 5.35. The summed E-state index contributed by atoms with van der Waals surface area (Å²) in [7, 11) is -3.90. The Morgan fingerprint density at radius 2 is 1.82 bits per heavy atom. The molecule has 3 nitrogen and oxygen atoms in total. The van der Waals surface area contributed by atoms with E-state index in [1.54, 1.807) is 6.07 Å². The molecule has 0 amide bonds. The van der Waals surface area contributed by atoms with Crippen LogP contribution in [0.25, 0.3) is 0 Å². The highest BCUT2D eigenvalue weighted by Gasteiger charge is 2.29. The Morgan fingerprint density at radius 3 is 2.55 bits per heavy atom. The number of halogens is 2. The third-order valence-corrected chi connectivity index (χ3v) is 5.60.